The van der Waals surface area contributed by atoms with Gasteiger partial charge in [-0.05, 0) is 0 Å². The van der Waals surface area contributed by atoms with Gasteiger partial charge in [0.25, 0.3) is 0 Å². The summed E-state index contributed by atoms with van der Waals surface area (Å²) in [6, 6.07) is 8.41. The molecule has 0 aliphatic carbocycles. The second-order valence-corrected chi connectivity index (χ2v) is 3.72. The van der Waals surface area contributed by atoms with Gasteiger partial charge >= 0.3 is 11.9 Å². The number of aromatic nitrogens is 1. The van der Waals surface area contributed by atoms with Gasteiger partial charge in [0.1, 0.15) is 11.3 Å². The standard InChI is InChI=1S/C13H9NO5/c15-11-9(13(18)19)8(12(16)17)6-14-10(11)7-4-2-1-3-5-7/h1-6,15H,(H,16,17)(H,18,19). The van der Waals surface area contributed by atoms with Crippen LogP contribution >= 0.6 is 0 Å². The molecule has 0 fully saturated rings. The van der Waals surface area contributed by atoms with Gasteiger partial charge in [0, 0.05) is 11.8 Å². The Morgan fingerprint density at radius 1 is 1.00 bits per heavy atom. The molecule has 0 bridgehead atoms. The average Bonchev–Trinajstić information content (AvgIpc) is 2.38. The molecule has 6 heteroatoms. The molecule has 3 N–H and O–H groups in total. The van der Waals surface area contributed by atoms with E-state index in [9.17, 15) is 14.7 Å². The van der Waals surface area contributed by atoms with Crippen LogP contribution in [0.3, 0.4) is 0 Å². The highest BCUT2D eigenvalue weighted by Crippen LogP contribution is 2.32. The Morgan fingerprint density at radius 2 is 1.63 bits per heavy atom. The number of aromatic hydroxyl groups is 1. The maximum atomic E-state index is 11.1. The van der Waals surface area contributed by atoms with E-state index in [1.54, 1.807) is 30.3 Å². The first kappa shape index (κ1) is 12.6. The smallest absolute Gasteiger partial charge is 0.340 e. The Balaban J connectivity index is 2.71. The number of nitrogens with zero attached hydrogens (tertiary/aromatic N) is 1. The number of carboxylic acid groups (broad SMARTS) is 2. The van der Waals surface area contributed by atoms with Crippen LogP contribution in [0.2, 0.25) is 0 Å². The normalized spacial score (nSPS) is 10.1. The van der Waals surface area contributed by atoms with Crippen LogP contribution in [-0.4, -0.2) is 32.2 Å². The molecule has 2 aromatic rings. The maximum Gasteiger partial charge on any atom is 0.340 e. The van der Waals surface area contributed by atoms with Crippen molar-refractivity contribution >= 4 is 11.9 Å². The molecule has 0 saturated carbocycles. The molecule has 0 saturated heterocycles. The third kappa shape index (κ3) is 2.23. The van der Waals surface area contributed by atoms with Crippen LogP contribution in [-0.2, 0) is 0 Å². The molecule has 0 unspecified atom stereocenters. The average molecular weight is 259 g/mol. The predicted molar refractivity (Wildman–Crippen MR) is 65.3 cm³/mol. The largest absolute Gasteiger partial charge is 0.505 e. The lowest BCUT2D eigenvalue weighted by Gasteiger charge is -2.08. The van der Waals surface area contributed by atoms with Crippen LogP contribution in [0.25, 0.3) is 11.3 Å². The second-order valence-electron chi connectivity index (χ2n) is 3.72. The van der Waals surface area contributed by atoms with Crippen LogP contribution in [0, 0.1) is 0 Å². The summed E-state index contributed by atoms with van der Waals surface area (Å²) in [5.74, 6) is -3.63. The molecule has 1 heterocycles. The fourth-order valence-electron chi connectivity index (χ4n) is 1.69. The second kappa shape index (κ2) is 4.77. The molecule has 1 aromatic heterocycles. The van der Waals surface area contributed by atoms with Crippen molar-refractivity contribution in [1.29, 1.82) is 0 Å². The van der Waals surface area contributed by atoms with Crippen molar-refractivity contribution in [1.82, 2.24) is 4.98 Å². The Labute approximate surface area is 107 Å². The first-order chi connectivity index (χ1) is 9.02. The van der Waals surface area contributed by atoms with Crippen LogP contribution in [0.4, 0.5) is 0 Å². The molecular formula is C13H9NO5. The zero-order valence-electron chi connectivity index (χ0n) is 9.57. The van der Waals surface area contributed by atoms with Gasteiger partial charge < -0.3 is 15.3 Å². The molecule has 0 aliphatic rings. The summed E-state index contributed by atoms with van der Waals surface area (Å²) in [6.45, 7) is 0. The monoisotopic (exact) mass is 259 g/mol. The summed E-state index contributed by atoms with van der Waals surface area (Å²) in [4.78, 5) is 25.8. The molecule has 0 atom stereocenters. The minimum Gasteiger partial charge on any atom is -0.505 e. The Hall–Kier alpha value is -2.89. The maximum absolute atomic E-state index is 11.1. The minimum atomic E-state index is -1.52. The first-order valence-electron chi connectivity index (χ1n) is 5.26. The Kier molecular flexibility index (Phi) is 3.15. The zero-order chi connectivity index (χ0) is 14.0. The number of carboxylic acids is 2. The van der Waals surface area contributed by atoms with Gasteiger partial charge in [-0.2, -0.15) is 0 Å². The number of pyridine rings is 1. The number of aromatic carboxylic acids is 2. The molecule has 0 amide bonds. The summed E-state index contributed by atoms with van der Waals surface area (Å²) < 4.78 is 0. The lowest BCUT2D eigenvalue weighted by Crippen LogP contribution is -2.10. The van der Waals surface area contributed by atoms with Gasteiger partial charge in [0.2, 0.25) is 0 Å². The van der Waals surface area contributed by atoms with Crippen LogP contribution in [0.1, 0.15) is 20.7 Å². The van der Waals surface area contributed by atoms with Gasteiger partial charge in [-0.25, -0.2) is 9.59 Å². The Bertz CT molecular complexity index is 652. The number of benzene rings is 1. The van der Waals surface area contributed by atoms with E-state index >= 15 is 0 Å². The topological polar surface area (TPSA) is 108 Å². The minimum absolute atomic E-state index is 0.0306. The highest BCUT2D eigenvalue weighted by atomic mass is 16.4. The van der Waals surface area contributed by atoms with Gasteiger partial charge in [0.05, 0.1) is 5.56 Å². The SMILES string of the molecule is O=C(O)c1cnc(-c2ccccc2)c(O)c1C(=O)O. The molecule has 19 heavy (non-hydrogen) atoms. The van der Waals surface area contributed by atoms with Crippen molar-refractivity contribution in [3.8, 4) is 17.0 Å². The first-order valence-corrected chi connectivity index (χ1v) is 5.26. The van der Waals surface area contributed by atoms with Gasteiger partial charge in [-0.15, -0.1) is 0 Å². The molecule has 0 radical (unpaired) electrons. The van der Waals surface area contributed by atoms with Crippen LogP contribution in [0.15, 0.2) is 36.5 Å². The number of hydrogen-bond donors (Lipinski definition) is 3. The van der Waals surface area contributed by atoms with Crippen LogP contribution < -0.4 is 0 Å². The number of carbonyl (C=O) groups is 2. The molecule has 96 valence electrons. The summed E-state index contributed by atoms with van der Waals surface area (Å²) in [5.41, 5.74) is -0.687. The molecule has 6 nitrogen and oxygen atoms in total. The van der Waals surface area contributed by atoms with Crippen molar-refractivity contribution in [3.63, 3.8) is 0 Å². The third-order valence-corrected chi connectivity index (χ3v) is 2.54. The lowest BCUT2D eigenvalue weighted by atomic mass is 10.0. The summed E-state index contributed by atoms with van der Waals surface area (Å²) >= 11 is 0. The number of rotatable bonds is 3. The van der Waals surface area contributed by atoms with E-state index in [1.807, 2.05) is 0 Å². The lowest BCUT2D eigenvalue weighted by molar-refractivity contribution is 0.0648. The molecule has 0 spiro atoms. The van der Waals surface area contributed by atoms with Gasteiger partial charge in [0.15, 0.2) is 5.75 Å². The summed E-state index contributed by atoms with van der Waals surface area (Å²) in [5, 5.41) is 27.8. The van der Waals surface area contributed by atoms with Crippen molar-refractivity contribution < 1.29 is 24.9 Å². The van der Waals surface area contributed by atoms with Crippen molar-refractivity contribution in [3.05, 3.63) is 47.7 Å². The van der Waals surface area contributed by atoms with Gasteiger partial charge in [-0.1, -0.05) is 30.3 Å². The molecule has 2 rings (SSSR count). The Morgan fingerprint density at radius 3 is 2.16 bits per heavy atom. The quantitative estimate of drug-likeness (QED) is 0.776. The van der Waals surface area contributed by atoms with Crippen molar-refractivity contribution in [2.45, 2.75) is 0 Å². The fraction of sp³-hybridized carbons (Fsp3) is 0. The van der Waals surface area contributed by atoms with E-state index in [-0.39, 0.29) is 5.69 Å². The van der Waals surface area contributed by atoms with E-state index in [2.05, 4.69) is 4.98 Å². The van der Waals surface area contributed by atoms with Gasteiger partial charge in [-0.3, -0.25) is 4.98 Å². The fourth-order valence-corrected chi connectivity index (χ4v) is 1.69. The summed E-state index contributed by atoms with van der Waals surface area (Å²) in [6.07, 6.45) is 0.924. The number of hydrogen-bond acceptors (Lipinski definition) is 4. The highest BCUT2D eigenvalue weighted by Gasteiger charge is 2.24. The molecule has 0 aliphatic heterocycles. The van der Waals surface area contributed by atoms with Crippen LogP contribution in [0.5, 0.6) is 5.75 Å². The van der Waals surface area contributed by atoms with E-state index in [1.165, 1.54) is 0 Å². The summed E-state index contributed by atoms with van der Waals surface area (Å²) in [7, 11) is 0. The van der Waals surface area contributed by atoms with E-state index < -0.39 is 28.8 Å². The third-order valence-electron chi connectivity index (χ3n) is 2.54. The van der Waals surface area contributed by atoms with E-state index in [0.717, 1.165) is 6.20 Å². The highest BCUT2D eigenvalue weighted by molar-refractivity contribution is 6.04. The van der Waals surface area contributed by atoms with E-state index in [4.69, 9.17) is 10.2 Å². The molecule has 1 aromatic carbocycles. The zero-order valence-corrected chi connectivity index (χ0v) is 9.57. The van der Waals surface area contributed by atoms with E-state index in [0.29, 0.717) is 5.56 Å². The van der Waals surface area contributed by atoms with Crippen molar-refractivity contribution in [2.24, 2.45) is 0 Å². The molecular weight excluding hydrogens is 250 g/mol. The predicted octanol–water partition coefficient (Wildman–Crippen LogP) is 1.85. The van der Waals surface area contributed by atoms with Crippen molar-refractivity contribution in [2.75, 3.05) is 0 Å².